The summed E-state index contributed by atoms with van der Waals surface area (Å²) in [5.74, 6) is 0. The number of nitriles is 1. The highest BCUT2D eigenvalue weighted by Gasteiger charge is 2.00. The summed E-state index contributed by atoms with van der Waals surface area (Å²) in [6.07, 6.45) is 0. The minimum atomic E-state index is -0.346. The molecular weight excluding hydrogens is 130 g/mol. The first-order valence-electron chi connectivity index (χ1n) is 2.99. The van der Waals surface area contributed by atoms with Crippen molar-refractivity contribution in [2.45, 2.75) is 13.0 Å². The van der Waals surface area contributed by atoms with Crippen LogP contribution >= 0.6 is 0 Å². The first kappa shape index (κ1) is 8.76. The van der Waals surface area contributed by atoms with Gasteiger partial charge in [0, 0.05) is 4.91 Å². The molecule has 0 fully saturated rings. The molecule has 5 heteroatoms. The molecule has 0 bridgehead atoms. The van der Waals surface area contributed by atoms with Gasteiger partial charge < -0.3 is 5.32 Å². The van der Waals surface area contributed by atoms with E-state index in [0.717, 1.165) is 0 Å². The number of nitrogens with zero attached hydrogens (tertiary/aromatic N) is 4. The minimum absolute atomic E-state index is 0.195. The fourth-order valence-corrected chi connectivity index (χ4v) is 0.516. The van der Waals surface area contributed by atoms with Crippen molar-refractivity contribution < 1.29 is 0 Å². The maximum atomic E-state index is 8.39. The Balaban J connectivity index is 3.62. The zero-order chi connectivity index (χ0) is 7.82. The maximum Gasteiger partial charge on any atom is 0.101 e. The second kappa shape index (κ2) is 5.89. The SMILES string of the molecule is CCNC(C#N)CN=[N+]=[N-]. The van der Waals surface area contributed by atoms with Crippen molar-refractivity contribution in [3.05, 3.63) is 10.4 Å². The lowest BCUT2D eigenvalue weighted by molar-refractivity contribution is 0.631. The van der Waals surface area contributed by atoms with Crippen LogP contribution in [0.5, 0.6) is 0 Å². The number of hydrogen-bond donors (Lipinski definition) is 1. The predicted octanol–water partition coefficient (Wildman–Crippen LogP) is 0.798. The lowest BCUT2D eigenvalue weighted by atomic mass is 10.3. The molecule has 1 atom stereocenters. The summed E-state index contributed by atoms with van der Waals surface area (Å²) < 4.78 is 0. The molecule has 54 valence electrons. The van der Waals surface area contributed by atoms with Crippen LogP contribution in [0.4, 0.5) is 0 Å². The second-order valence-electron chi connectivity index (χ2n) is 1.65. The molecule has 0 rings (SSSR count). The van der Waals surface area contributed by atoms with Gasteiger partial charge in [-0.25, -0.2) is 0 Å². The largest absolute Gasteiger partial charge is 0.302 e. The third kappa shape index (κ3) is 3.72. The van der Waals surface area contributed by atoms with E-state index in [2.05, 4.69) is 15.3 Å². The fourth-order valence-electron chi connectivity index (χ4n) is 0.516. The maximum absolute atomic E-state index is 8.39. The van der Waals surface area contributed by atoms with E-state index < -0.39 is 0 Å². The number of likely N-dealkylation sites (N-methyl/N-ethyl adjacent to an activating group) is 1. The third-order valence-electron chi connectivity index (χ3n) is 0.934. The number of rotatable bonds is 4. The molecule has 1 N–H and O–H groups in total. The molecule has 0 aromatic heterocycles. The second-order valence-corrected chi connectivity index (χ2v) is 1.65. The van der Waals surface area contributed by atoms with Crippen molar-refractivity contribution in [2.24, 2.45) is 5.11 Å². The standard InChI is InChI=1S/C5H9N5/c1-2-8-5(3-6)4-9-10-7/h5,8H,2,4H2,1H3. The highest BCUT2D eigenvalue weighted by Crippen LogP contribution is 1.81. The average Bonchev–Trinajstić information content (AvgIpc) is 1.98. The summed E-state index contributed by atoms with van der Waals surface area (Å²) in [6.45, 7) is 2.79. The molecule has 0 heterocycles. The minimum Gasteiger partial charge on any atom is -0.302 e. The smallest absolute Gasteiger partial charge is 0.101 e. The van der Waals surface area contributed by atoms with Crippen LogP contribution in [0.25, 0.3) is 10.4 Å². The quantitative estimate of drug-likeness (QED) is 0.355. The summed E-state index contributed by atoms with van der Waals surface area (Å²) >= 11 is 0. The van der Waals surface area contributed by atoms with Gasteiger partial charge in [-0.15, -0.1) is 0 Å². The molecule has 0 saturated heterocycles. The van der Waals surface area contributed by atoms with Crippen LogP contribution in [-0.4, -0.2) is 19.1 Å². The van der Waals surface area contributed by atoms with Crippen LogP contribution in [0.15, 0.2) is 5.11 Å². The lowest BCUT2D eigenvalue weighted by Gasteiger charge is -2.03. The van der Waals surface area contributed by atoms with Crippen molar-refractivity contribution in [3.8, 4) is 6.07 Å². The first-order chi connectivity index (χ1) is 4.85. The van der Waals surface area contributed by atoms with E-state index >= 15 is 0 Å². The molecule has 0 spiro atoms. The van der Waals surface area contributed by atoms with Crippen molar-refractivity contribution in [1.29, 1.82) is 5.26 Å². The van der Waals surface area contributed by atoms with Gasteiger partial charge in [0.25, 0.3) is 0 Å². The Kier molecular flexibility index (Phi) is 5.16. The monoisotopic (exact) mass is 139 g/mol. The van der Waals surface area contributed by atoms with Gasteiger partial charge in [-0.05, 0) is 12.1 Å². The van der Waals surface area contributed by atoms with Gasteiger partial charge in [-0.2, -0.15) is 5.26 Å². The molecule has 0 radical (unpaired) electrons. The van der Waals surface area contributed by atoms with Crippen LogP contribution in [0, 0.1) is 11.3 Å². The van der Waals surface area contributed by atoms with Gasteiger partial charge in [-0.3, -0.25) is 0 Å². The number of nitrogens with one attached hydrogen (secondary N) is 1. The van der Waals surface area contributed by atoms with Gasteiger partial charge in [0.15, 0.2) is 0 Å². The lowest BCUT2D eigenvalue weighted by Crippen LogP contribution is -2.29. The van der Waals surface area contributed by atoms with Crippen LogP contribution < -0.4 is 5.32 Å². The van der Waals surface area contributed by atoms with Crippen molar-refractivity contribution in [3.63, 3.8) is 0 Å². The fraction of sp³-hybridized carbons (Fsp3) is 0.800. The number of azide groups is 1. The Hall–Kier alpha value is -1.24. The van der Waals surface area contributed by atoms with Crippen LogP contribution in [0.2, 0.25) is 0 Å². The van der Waals surface area contributed by atoms with E-state index in [4.69, 9.17) is 10.8 Å². The van der Waals surface area contributed by atoms with E-state index in [1.807, 2.05) is 13.0 Å². The Morgan fingerprint density at radius 3 is 3.00 bits per heavy atom. The number of hydrogen-bond acceptors (Lipinski definition) is 3. The molecule has 1 unspecified atom stereocenters. The molecule has 0 saturated carbocycles. The highest BCUT2D eigenvalue weighted by molar-refractivity contribution is 4.90. The topological polar surface area (TPSA) is 84.6 Å². The summed E-state index contributed by atoms with van der Waals surface area (Å²) in [7, 11) is 0. The van der Waals surface area contributed by atoms with Gasteiger partial charge in [0.1, 0.15) is 6.04 Å². The van der Waals surface area contributed by atoms with Gasteiger partial charge in [0.05, 0.1) is 12.6 Å². The Labute approximate surface area is 59.3 Å². The molecule has 0 aliphatic carbocycles. The first-order valence-corrected chi connectivity index (χ1v) is 2.99. The van der Waals surface area contributed by atoms with Crippen molar-refractivity contribution in [2.75, 3.05) is 13.1 Å². The summed E-state index contributed by atoms with van der Waals surface area (Å²) in [5, 5.41) is 14.5. The molecule has 5 nitrogen and oxygen atoms in total. The average molecular weight is 139 g/mol. The van der Waals surface area contributed by atoms with Gasteiger partial charge >= 0.3 is 0 Å². The summed E-state index contributed by atoms with van der Waals surface area (Å²) in [4.78, 5) is 2.54. The molecule has 0 aliphatic rings. The molecule has 0 aromatic carbocycles. The molecule has 0 aliphatic heterocycles. The zero-order valence-corrected chi connectivity index (χ0v) is 5.78. The molecule has 0 aromatic rings. The van der Waals surface area contributed by atoms with Crippen LogP contribution in [0.1, 0.15) is 6.92 Å². The van der Waals surface area contributed by atoms with Crippen molar-refractivity contribution >= 4 is 0 Å². The van der Waals surface area contributed by atoms with E-state index in [-0.39, 0.29) is 12.6 Å². The van der Waals surface area contributed by atoms with E-state index in [1.165, 1.54) is 0 Å². The third-order valence-corrected chi connectivity index (χ3v) is 0.934. The molecule has 0 amide bonds. The van der Waals surface area contributed by atoms with Crippen LogP contribution in [0.3, 0.4) is 0 Å². The summed E-state index contributed by atoms with van der Waals surface area (Å²) in [5.41, 5.74) is 7.90. The Morgan fingerprint density at radius 2 is 2.60 bits per heavy atom. The molecule has 10 heavy (non-hydrogen) atoms. The van der Waals surface area contributed by atoms with E-state index in [0.29, 0.717) is 6.54 Å². The van der Waals surface area contributed by atoms with Gasteiger partial charge in [0.2, 0.25) is 0 Å². The van der Waals surface area contributed by atoms with Gasteiger partial charge in [-0.1, -0.05) is 12.0 Å². The summed E-state index contributed by atoms with van der Waals surface area (Å²) in [6, 6.07) is 1.62. The molecular formula is C5H9N5. The normalized spacial score (nSPS) is 11.2. The van der Waals surface area contributed by atoms with Crippen LogP contribution in [-0.2, 0) is 0 Å². The Bertz CT molecular complexity index is 163. The zero-order valence-electron chi connectivity index (χ0n) is 5.78. The van der Waals surface area contributed by atoms with Crippen molar-refractivity contribution in [1.82, 2.24) is 5.32 Å². The highest BCUT2D eigenvalue weighted by atomic mass is 15.1. The Morgan fingerprint density at radius 1 is 1.90 bits per heavy atom. The van der Waals surface area contributed by atoms with E-state index in [1.54, 1.807) is 0 Å². The van der Waals surface area contributed by atoms with E-state index in [9.17, 15) is 0 Å². The predicted molar refractivity (Wildman–Crippen MR) is 37.1 cm³/mol.